The standard InChI is InChI=1S/C26H32O6S/c1-23(2)19(16-33-18-9-5-4-6-10-18)24(3)21(29)14-25(23,31)22(30)26(24)17(15-32-13-12-27)8-7-11-20(26)28/h4-6,9-10,15-16,22,27,30-31H,7-8,11-14H2,1-3H3/b17-15+,19-16-/t22-,24-,25-,26-/m1/s1. The fourth-order valence-electron chi connectivity index (χ4n) is 6.35. The Hall–Kier alpha value is -1.93. The molecule has 4 aliphatic carbocycles. The van der Waals surface area contributed by atoms with Crippen LogP contribution in [0.15, 0.2) is 58.0 Å². The molecule has 4 aliphatic rings. The zero-order chi connectivity index (χ0) is 24.1. The summed E-state index contributed by atoms with van der Waals surface area (Å²) >= 11 is 1.44. The molecule has 0 heterocycles. The Morgan fingerprint density at radius 2 is 1.82 bits per heavy atom. The summed E-state index contributed by atoms with van der Waals surface area (Å²) in [5.74, 6) is -0.502. The largest absolute Gasteiger partial charge is 0.499 e. The van der Waals surface area contributed by atoms with E-state index in [-0.39, 0.29) is 37.6 Å². The van der Waals surface area contributed by atoms with E-state index in [0.717, 1.165) is 4.90 Å². The summed E-state index contributed by atoms with van der Waals surface area (Å²) in [6, 6.07) is 9.69. The lowest BCUT2D eigenvalue weighted by atomic mass is 9.33. The average molecular weight is 473 g/mol. The van der Waals surface area contributed by atoms with Crippen molar-refractivity contribution in [2.75, 3.05) is 13.2 Å². The number of thioether (sulfide) groups is 1. The maximum atomic E-state index is 13.8. The molecule has 4 fully saturated rings. The van der Waals surface area contributed by atoms with Gasteiger partial charge in [-0.2, -0.15) is 0 Å². The highest BCUT2D eigenvalue weighted by atomic mass is 32.2. The number of aliphatic hydroxyl groups excluding tert-OH is 2. The molecule has 4 atom stereocenters. The Bertz CT molecular complexity index is 1010. The highest BCUT2D eigenvalue weighted by Gasteiger charge is 2.80. The van der Waals surface area contributed by atoms with E-state index in [1.54, 1.807) is 6.92 Å². The first-order chi connectivity index (χ1) is 15.6. The Morgan fingerprint density at radius 3 is 2.48 bits per heavy atom. The summed E-state index contributed by atoms with van der Waals surface area (Å²) in [6.07, 6.45) is 1.00. The molecule has 6 nitrogen and oxygen atoms in total. The van der Waals surface area contributed by atoms with Crippen LogP contribution in [0.4, 0.5) is 0 Å². The van der Waals surface area contributed by atoms with Crippen LogP contribution in [-0.4, -0.2) is 51.8 Å². The van der Waals surface area contributed by atoms with Gasteiger partial charge in [-0.25, -0.2) is 0 Å². The van der Waals surface area contributed by atoms with Crippen molar-refractivity contribution in [1.82, 2.24) is 0 Å². The van der Waals surface area contributed by atoms with Crippen molar-refractivity contribution in [3.63, 3.8) is 0 Å². The van der Waals surface area contributed by atoms with Gasteiger partial charge < -0.3 is 20.1 Å². The van der Waals surface area contributed by atoms with Crippen LogP contribution in [0.3, 0.4) is 0 Å². The normalized spacial score (nSPS) is 37.8. The molecular formula is C26H32O6S. The number of hydrogen-bond acceptors (Lipinski definition) is 7. The summed E-state index contributed by atoms with van der Waals surface area (Å²) < 4.78 is 5.49. The number of benzene rings is 1. The number of fused-ring (bicyclic) bond motifs is 2. The molecule has 3 N–H and O–H groups in total. The van der Waals surface area contributed by atoms with Crippen molar-refractivity contribution in [2.45, 2.75) is 63.1 Å². The second-order valence-electron chi connectivity index (χ2n) is 9.96. The number of carbonyl (C=O) groups is 2. The Kier molecular flexibility index (Phi) is 6.15. The summed E-state index contributed by atoms with van der Waals surface area (Å²) in [6.45, 7) is 5.27. The van der Waals surface area contributed by atoms with Crippen molar-refractivity contribution < 1.29 is 29.6 Å². The number of hydrogen-bond donors (Lipinski definition) is 3. The van der Waals surface area contributed by atoms with E-state index in [4.69, 9.17) is 9.84 Å². The topological polar surface area (TPSA) is 104 Å². The summed E-state index contributed by atoms with van der Waals surface area (Å²) in [5, 5.41) is 34.7. The lowest BCUT2D eigenvalue weighted by Crippen LogP contribution is -2.80. The number of Topliss-reactive ketones (excluding diaryl/α,β-unsaturated/α-hetero) is 2. The van der Waals surface area contributed by atoms with E-state index >= 15 is 0 Å². The van der Waals surface area contributed by atoms with Crippen LogP contribution in [0.2, 0.25) is 0 Å². The lowest BCUT2D eigenvalue weighted by molar-refractivity contribution is -0.246. The van der Waals surface area contributed by atoms with Crippen molar-refractivity contribution >= 4 is 23.3 Å². The summed E-state index contributed by atoms with van der Waals surface area (Å²) in [7, 11) is 0. The minimum absolute atomic E-state index is 0.0385. The molecule has 5 rings (SSSR count). The predicted octanol–water partition coefficient (Wildman–Crippen LogP) is 3.41. The van der Waals surface area contributed by atoms with Crippen molar-refractivity contribution in [2.24, 2.45) is 16.2 Å². The van der Waals surface area contributed by atoms with Crippen LogP contribution in [0, 0.1) is 16.2 Å². The van der Waals surface area contributed by atoms with Gasteiger partial charge in [0, 0.05) is 23.2 Å². The molecule has 0 unspecified atom stereocenters. The minimum atomic E-state index is -1.81. The second-order valence-corrected chi connectivity index (χ2v) is 10.9. The third kappa shape index (κ3) is 3.13. The highest BCUT2D eigenvalue weighted by Crippen LogP contribution is 2.72. The number of rotatable bonds is 5. The van der Waals surface area contributed by atoms with Crippen LogP contribution >= 0.6 is 11.8 Å². The monoisotopic (exact) mass is 472 g/mol. The van der Waals surface area contributed by atoms with Gasteiger partial charge in [-0.3, -0.25) is 9.59 Å². The van der Waals surface area contributed by atoms with Gasteiger partial charge in [0.2, 0.25) is 0 Å². The maximum Gasteiger partial charge on any atom is 0.147 e. The van der Waals surface area contributed by atoms with E-state index in [9.17, 15) is 19.8 Å². The number of ketones is 2. The average Bonchev–Trinajstić information content (AvgIpc) is 2.77. The number of aliphatic hydroxyl groups is 3. The van der Waals surface area contributed by atoms with E-state index in [1.165, 1.54) is 18.0 Å². The molecule has 4 saturated carbocycles. The van der Waals surface area contributed by atoms with Crippen LogP contribution in [-0.2, 0) is 14.3 Å². The summed E-state index contributed by atoms with van der Waals surface area (Å²) in [5.41, 5.74) is -4.54. The second kappa shape index (κ2) is 8.38. The molecule has 7 heteroatoms. The Morgan fingerprint density at radius 1 is 1.12 bits per heavy atom. The van der Waals surface area contributed by atoms with Crippen molar-refractivity contribution in [1.29, 1.82) is 0 Å². The molecular weight excluding hydrogens is 440 g/mol. The maximum absolute atomic E-state index is 13.8. The van der Waals surface area contributed by atoms with Crippen molar-refractivity contribution in [3.05, 3.63) is 53.1 Å². The molecule has 0 amide bonds. The first-order valence-electron chi connectivity index (χ1n) is 11.4. The lowest BCUT2D eigenvalue weighted by Gasteiger charge is -2.70. The number of ether oxygens (including phenoxy) is 1. The first-order valence-corrected chi connectivity index (χ1v) is 12.3. The highest BCUT2D eigenvalue weighted by molar-refractivity contribution is 8.02. The smallest absolute Gasteiger partial charge is 0.147 e. The van der Waals surface area contributed by atoms with Gasteiger partial charge in [-0.05, 0) is 48.5 Å². The quantitative estimate of drug-likeness (QED) is 0.343. The third-order valence-electron chi connectivity index (χ3n) is 8.22. The molecule has 1 aromatic carbocycles. The van der Waals surface area contributed by atoms with Gasteiger partial charge in [0.05, 0.1) is 23.7 Å². The van der Waals surface area contributed by atoms with E-state index in [0.29, 0.717) is 24.0 Å². The minimum Gasteiger partial charge on any atom is -0.499 e. The van der Waals surface area contributed by atoms with Crippen LogP contribution < -0.4 is 0 Å². The van der Waals surface area contributed by atoms with Gasteiger partial charge in [-0.1, -0.05) is 43.8 Å². The van der Waals surface area contributed by atoms with E-state index in [1.807, 2.05) is 49.6 Å². The van der Waals surface area contributed by atoms with Gasteiger partial charge in [-0.15, -0.1) is 0 Å². The molecule has 1 spiro atoms. The zero-order valence-corrected chi connectivity index (χ0v) is 20.2. The molecule has 2 bridgehead atoms. The van der Waals surface area contributed by atoms with Crippen LogP contribution in [0.5, 0.6) is 0 Å². The third-order valence-corrected chi connectivity index (χ3v) is 9.12. The zero-order valence-electron chi connectivity index (χ0n) is 19.3. The van der Waals surface area contributed by atoms with Gasteiger partial charge in [0.25, 0.3) is 0 Å². The number of carbonyl (C=O) groups excluding carboxylic acids is 2. The molecule has 0 aromatic heterocycles. The predicted molar refractivity (Wildman–Crippen MR) is 125 cm³/mol. The molecule has 178 valence electrons. The van der Waals surface area contributed by atoms with Gasteiger partial charge >= 0.3 is 0 Å². The van der Waals surface area contributed by atoms with Crippen molar-refractivity contribution in [3.8, 4) is 0 Å². The Balaban J connectivity index is 1.96. The first kappa shape index (κ1) is 24.2. The van der Waals surface area contributed by atoms with Crippen LogP contribution in [0.1, 0.15) is 46.5 Å². The Labute approximate surface area is 198 Å². The molecule has 33 heavy (non-hydrogen) atoms. The molecule has 0 radical (unpaired) electrons. The van der Waals surface area contributed by atoms with E-state index < -0.39 is 27.9 Å². The molecule has 0 saturated heterocycles. The van der Waals surface area contributed by atoms with Gasteiger partial charge in [0.1, 0.15) is 29.9 Å². The van der Waals surface area contributed by atoms with Gasteiger partial charge in [0.15, 0.2) is 0 Å². The molecule has 0 aliphatic heterocycles. The fourth-order valence-corrected chi connectivity index (χ4v) is 7.45. The molecule has 1 aromatic rings. The van der Waals surface area contributed by atoms with E-state index in [2.05, 4.69) is 0 Å². The SMILES string of the molecule is CC1(C)/C(=C/Sc2ccccc2)[C@]2(C)C(=O)C[C@@]1(O)[C@@H](O)[C@@]21C(=O)CCC/C1=C\OCCO. The fraction of sp³-hybridized carbons (Fsp3) is 0.538. The van der Waals surface area contributed by atoms with Crippen LogP contribution in [0.25, 0.3) is 0 Å². The summed E-state index contributed by atoms with van der Waals surface area (Å²) in [4.78, 5) is 28.5.